The highest BCUT2D eigenvalue weighted by Crippen LogP contribution is 2.05. The molecule has 0 fully saturated rings. The summed E-state index contributed by atoms with van der Waals surface area (Å²) in [6, 6.07) is 12.9. The Labute approximate surface area is 136 Å². The Balaban J connectivity index is 0.00000200. The number of carbonyl (C=O) groups excluding carboxylic acids is 1. The van der Waals surface area contributed by atoms with E-state index in [0.29, 0.717) is 18.7 Å². The van der Waals surface area contributed by atoms with E-state index in [9.17, 15) is 4.79 Å². The van der Waals surface area contributed by atoms with Gasteiger partial charge in [0.2, 0.25) is 5.91 Å². The van der Waals surface area contributed by atoms with Gasteiger partial charge in [0, 0.05) is 11.9 Å². The number of aromatic nitrogens is 1. The zero-order chi connectivity index (χ0) is 13.5. The largest absolute Gasteiger partial charge is 0.399 e. The number of nitrogen functional groups attached to an aromatic ring is 1. The van der Waals surface area contributed by atoms with Gasteiger partial charge in [0.1, 0.15) is 0 Å². The summed E-state index contributed by atoms with van der Waals surface area (Å²) in [5.74, 6) is -0.0966. The second-order valence-corrected chi connectivity index (χ2v) is 4.14. The maximum Gasteiger partial charge on any atom is 0.238 e. The lowest BCUT2D eigenvalue weighted by Gasteiger charge is -2.07. The van der Waals surface area contributed by atoms with Gasteiger partial charge in [-0.15, -0.1) is 24.8 Å². The molecule has 1 aromatic carbocycles. The molecule has 4 N–H and O–H groups in total. The number of benzene rings is 1. The number of anilines is 1. The van der Waals surface area contributed by atoms with Gasteiger partial charge in [0.25, 0.3) is 0 Å². The first-order valence-electron chi connectivity index (χ1n) is 6.00. The molecular formula is C14H18Cl2N4O. The molecule has 0 atom stereocenters. The van der Waals surface area contributed by atoms with Crippen LogP contribution in [0.4, 0.5) is 5.69 Å². The predicted octanol–water partition coefficient (Wildman–Crippen LogP) is 1.87. The molecule has 0 spiro atoms. The average Bonchev–Trinajstić information content (AvgIpc) is 2.43. The van der Waals surface area contributed by atoms with Gasteiger partial charge in [-0.25, -0.2) is 5.43 Å². The summed E-state index contributed by atoms with van der Waals surface area (Å²) in [6.07, 6.45) is 2.03. The fourth-order valence-corrected chi connectivity index (χ4v) is 1.60. The van der Waals surface area contributed by atoms with Crippen LogP contribution in [0, 0.1) is 0 Å². The lowest BCUT2D eigenvalue weighted by atomic mass is 10.1. The minimum absolute atomic E-state index is 0. The minimum Gasteiger partial charge on any atom is -0.399 e. The molecule has 0 radical (unpaired) electrons. The van der Waals surface area contributed by atoms with E-state index in [1.807, 2.05) is 30.3 Å². The lowest BCUT2D eigenvalue weighted by Crippen LogP contribution is -2.37. The van der Waals surface area contributed by atoms with Gasteiger partial charge < -0.3 is 5.73 Å². The van der Waals surface area contributed by atoms with Gasteiger partial charge in [-0.1, -0.05) is 18.2 Å². The van der Waals surface area contributed by atoms with Crippen molar-refractivity contribution in [2.45, 2.75) is 13.0 Å². The molecule has 0 aliphatic rings. The Morgan fingerprint density at radius 2 is 1.81 bits per heavy atom. The number of hydrogen-bond acceptors (Lipinski definition) is 4. The zero-order valence-electron chi connectivity index (χ0n) is 11.3. The van der Waals surface area contributed by atoms with Gasteiger partial charge in [-0.2, -0.15) is 0 Å². The highest BCUT2D eigenvalue weighted by Gasteiger charge is 2.02. The lowest BCUT2D eigenvalue weighted by molar-refractivity contribution is -0.121. The quantitative estimate of drug-likeness (QED) is 0.578. The standard InChI is InChI=1S/C14H16N4O.2ClH/c15-12-6-4-11(5-7-12)9-14(19)18-17-10-13-3-1-2-8-16-13;;/h1-8,17H,9-10,15H2,(H,18,19);2*1H. The number of nitrogens with zero attached hydrogens (tertiary/aromatic N) is 1. The number of amides is 1. The van der Waals surface area contributed by atoms with Crippen LogP contribution >= 0.6 is 24.8 Å². The van der Waals surface area contributed by atoms with Crippen LogP contribution in [0.2, 0.25) is 0 Å². The highest BCUT2D eigenvalue weighted by molar-refractivity contribution is 5.85. The van der Waals surface area contributed by atoms with Crippen LogP contribution in [0.25, 0.3) is 0 Å². The van der Waals surface area contributed by atoms with Crippen LogP contribution in [-0.2, 0) is 17.8 Å². The number of hydrogen-bond donors (Lipinski definition) is 3. The summed E-state index contributed by atoms with van der Waals surface area (Å²) in [4.78, 5) is 15.8. The first kappa shape index (κ1) is 19.2. The Bertz CT molecular complexity index is 534. The van der Waals surface area contributed by atoms with Crippen molar-refractivity contribution in [1.29, 1.82) is 0 Å². The second kappa shape index (κ2) is 9.99. The molecule has 1 aromatic heterocycles. The molecule has 0 saturated carbocycles. The molecule has 21 heavy (non-hydrogen) atoms. The molecule has 114 valence electrons. The molecular weight excluding hydrogens is 311 g/mol. The van der Waals surface area contributed by atoms with Gasteiger partial charge >= 0.3 is 0 Å². The number of halogens is 2. The van der Waals surface area contributed by atoms with Crippen molar-refractivity contribution >= 4 is 36.4 Å². The zero-order valence-corrected chi connectivity index (χ0v) is 12.9. The number of nitrogens with two attached hydrogens (primary N) is 1. The topological polar surface area (TPSA) is 80.0 Å². The number of nitrogens with one attached hydrogen (secondary N) is 2. The van der Waals surface area contributed by atoms with Crippen molar-refractivity contribution in [3.05, 3.63) is 59.9 Å². The van der Waals surface area contributed by atoms with Crippen LogP contribution in [0.3, 0.4) is 0 Å². The van der Waals surface area contributed by atoms with E-state index < -0.39 is 0 Å². The van der Waals surface area contributed by atoms with Crippen LogP contribution in [0.1, 0.15) is 11.3 Å². The van der Waals surface area contributed by atoms with E-state index in [4.69, 9.17) is 5.73 Å². The van der Waals surface area contributed by atoms with Crippen LogP contribution in [0.15, 0.2) is 48.7 Å². The van der Waals surface area contributed by atoms with E-state index in [0.717, 1.165) is 11.3 Å². The van der Waals surface area contributed by atoms with E-state index in [-0.39, 0.29) is 30.7 Å². The average molecular weight is 329 g/mol. The molecule has 7 heteroatoms. The fraction of sp³-hybridized carbons (Fsp3) is 0.143. The molecule has 0 unspecified atom stereocenters. The smallest absolute Gasteiger partial charge is 0.238 e. The fourth-order valence-electron chi connectivity index (χ4n) is 1.60. The molecule has 0 bridgehead atoms. The van der Waals surface area contributed by atoms with E-state index in [2.05, 4.69) is 15.8 Å². The normalized spacial score (nSPS) is 9.14. The number of pyridine rings is 1. The van der Waals surface area contributed by atoms with Crippen molar-refractivity contribution in [2.24, 2.45) is 0 Å². The number of hydrazine groups is 1. The van der Waals surface area contributed by atoms with Crippen LogP contribution < -0.4 is 16.6 Å². The molecule has 1 heterocycles. The predicted molar refractivity (Wildman–Crippen MR) is 88.3 cm³/mol. The summed E-state index contributed by atoms with van der Waals surface area (Å²) in [7, 11) is 0. The van der Waals surface area contributed by atoms with Crippen LogP contribution in [-0.4, -0.2) is 10.9 Å². The molecule has 0 aliphatic heterocycles. The maximum absolute atomic E-state index is 11.7. The van der Waals surface area contributed by atoms with Crippen molar-refractivity contribution in [3.63, 3.8) is 0 Å². The van der Waals surface area contributed by atoms with Gasteiger partial charge in [-0.3, -0.25) is 15.2 Å². The number of rotatable bonds is 5. The maximum atomic E-state index is 11.7. The van der Waals surface area contributed by atoms with E-state index in [1.165, 1.54) is 0 Å². The third-order valence-corrected chi connectivity index (χ3v) is 2.57. The van der Waals surface area contributed by atoms with Crippen molar-refractivity contribution in [3.8, 4) is 0 Å². The first-order valence-corrected chi connectivity index (χ1v) is 6.00. The number of carbonyl (C=O) groups is 1. The summed E-state index contributed by atoms with van der Waals surface area (Å²) < 4.78 is 0. The highest BCUT2D eigenvalue weighted by atomic mass is 35.5. The molecule has 2 rings (SSSR count). The Hall–Kier alpha value is -1.82. The third-order valence-electron chi connectivity index (χ3n) is 2.57. The molecule has 1 amide bonds. The minimum atomic E-state index is -0.0966. The van der Waals surface area contributed by atoms with E-state index in [1.54, 1.807) is 18.3 Å². The van der Waals surface area contributed by atoms with Gasteiger partial charge in [0.15, 0.2) is 0 Å². The Kier molecular flexibility index (Phi) is 9.12. The monoisotopic (exact) mass is 328 g/mol. The summed E-state index contributed by atoms with van der Waals surface area (Å²) in [5, 5.41) is 0. The third kappa shape index (κ3) is 6.94. The molecule has 5 nitrogen and oxygen atoms in total. The van der Waals surface area contributed by atoms with E-state index >= 15 is 0 Å². The van der Waals surface area contributed by atoms with Crippen molar-refractivity contribution in [2.75, 3.05) is 5.73 Å². The molecule has 0 saturated heterocycles. The first-order chi connectivity index (χ1) is 9.24. The summed E-state index contributed by atoms with van der Waals surface area (Å²) in [6.45, 7) is 0.494. The SMILES string of the molecule is Cl.Cl.Nc1ccc(CC(=O)NNCc2ccccn2)cc1. The molecule has 2 aromatic rings. The van der Waals surface area contributed by atoms with Gasteiger partial charge in [-0.05, 0) is 29.8 Å². The summed E-state index contributed by atoms with van der Waals surface area (Å²) >= 11 is 0. The van der Waals surface area contributed by atoms with Gasteiger partial charge in [0.05, 0.1) is 18.7 Å². The van der Waals surface area contributed by atoms with Crippen LogP contribution in [0.5, 0.6) is 0 Å². The second-order valence-electron chi connectivity index (χ2n) is 4.14. The Morgan fingerprint density at radius 3 is 2.43 bits per heavy atom. The van der Waals surface area contributed by atoms with Crippen molar-refractivity contribution in [1.82, 2.24) is 15.8 Å². The Morgan fingerprint density at radius 1 is 1.10 bits per heavy atom. The molecule has 0 aliphatic carbocycles. The summed E-state index contributed by atoms with van der Waals surface area (Å²) in [5.41, 5.74) is 13.5. The van der Waals surface area contributed by atoms with Crippen molar-refractivity contribution < 1.29 is 4.79 Å².